The van der Waals surface area contributed by atoms with Crippen LogP contribution in [0.4, 0.5) is 0 Å². The van der Waals surface area contributed by atoms with Crippen molar-refractivity contribution in [2.24, 2.45) is 10.1 Å². The molecule has 1 aliphatic carbocycles. The molecule has 1 saturated carbocycles. The molecule has 2 aliphatic rings. The molecular formula is C27H33N3O4. The number of aliphatic hydroxyl groups is 1. The summed E-state index contributed by atoms with van der Waals surface area (Å²) < 4.78 is 11.2. The fourth-order valence-corrected chi connectivity index (χ4v) is 4.90. The Balaban J connectivity index is 1.70. The van der Waals surface area contributed by atoms with Crippen molar-refractivity contribution >= 4 is 17.3 Å². The monoisotopic (exact) mass is 463 g/mol. The van der Waals surface area contributed by atoms with Crippen molar-refractivity contribution in [3.05, 3.63) is 58.7 Å². The minimum atomic E-state index is -0.209. The highest BCUT2D eigenvalue weighted by Crippen LogP contribution is 2.44. The van der Waals surface area contributed by atoms with Gasteiger partial charge >= 0.3 is 0 Å². The predicted octanol–water partition coefficient (Wildman–Crippen LogP) is 4.19. The Bertz CT molecular complexity index is 1110. The zero-order valence-electron chi connectivity index (χ0n) is 20.1. The molecule has 2 aromatic rings. The van der Waals surface area contributed by atoms with Gasteiger partial charge in [0, 0.05) is 30.1 Å². The molecule has 0 saturated heterocycles. The number of rotatable bonds is 8. The number of hydrogen-bond acceptors (Lipinski definition) is 6. The summed E-state index contributed by atoms with van der Waals surface area (Å²) in [6, 6.07) is 12.5. The first-order chi connectivity index (χ1) is 16.5. The number of aliphatic hydroxyl groups excluding tert-OH is 1. The van der Waals surface area contributed by atoms with Gasteiger partial charge in [-0.15, -0.1) is 0 Å². The third-order valence-electron chi connectivity index (χ3n) is 6.70. The molecule has 1 amide bonds. The highest BCUT2D eigenvalue weighted by molar-refractivity contribution is 6.16. The molecule has 0 radical (unpaired) electrons. The summed E-state index contributed by atoms with van der Waals surface area (Å²) in [7, 11) is 3.33. The molecule has 0 unspecified atom stereocenters. The second kappa shape index (κ2) is 10.8. The van der Waals surface area contributed by atoms with Crippen molar-refractivity contribution in [1.82, 2.24) is 5.43 Å². The Hall–Kier alpha value is -3.19. The summed E-state index contributed by atoms with van der Waals surface area (Å²) in [6.07, 6.45) is 5.30. The van der Waals surface area contributed by atoms with Crippen LogP contribution in [0.2, 0.25) is 0 Å². The predicted molar refractivity (Wildman–Crippen MR) is 133 cm³/mol. The third-order valence-corrected chi connectivity index (χ3v) is 6.70. The zero-order valence-corrected chi connectivity index (χ0v) is 20.1. The number of fused-ring (bicyclic) bond motifs is 3. The van der Waals surface area contributed by atoms with Gasteiger partial charge in [0.15, 0.2) is 11.5 Å². The number of hydrazone groups is 1. The molecule has 34 heavy (non-hydrogen) atoms. The third kappa shape index (κ3) is 4.99. The summed E-state index contributed by atoms with van der Waals surface area (Å²) in [4.78, 5) is 17.1. The van der Waals surface area contributed by atoms with Crippen LogP contribution >= 0.6 is 0 Å². The molecule has 7 heteroatoms. The van der Waals surface area contributed by atoms with E-state index in [4.69, 9.17) is 19.6 Å². The van der Waals surface area contributed by atoms with Gasteiger partial charge in [0.1, 0.15) is 0 Å². The van der Waals surface area contributed by atoms with Gasteiger partial charge in [-0.2, -0.15) is 5.10 Å². The SMILES string of the molecule is COc1cc2c(cc1OC)[C@H]1CCCC[C@H]1N=C2c1cccc(C(C)=NNC(=O)CCCO)c1. The molecular weight excluding hydrogens is 430 g/mol. The van der Waals surface area contributed by atoms with Crippen molar-refractivity contribution in [2.45, 2.75) is 57.4 Å². The van der Waals surface area contributed by atoms with E-state index in [1.807, 2.05) is 25.1 Å². The molecule has 2 atom stereocenters. The van der Waals surface area contributed by atoms with Gasteiger partial charge in [0.2, 0.25) is 5.91 Å². The van der Waals surface area contributed by atoms with E-state index in [1.165, 1.54) is 18.4 Å². The summed E-state index contributed by atoms with van der Waals surface area (Å²) >= 11 is 0. The Morgan fingerprint density at radius 3 is 2.68 bits per heavy atom. The Kier molecular flexibility index (Phi) is 7.63. The van der Waals surface area contributed by atoms with Crippen molar-refractivity contribution in [3.8, 4) is 11.5 Å². The van der Waals surface area contributed by atoms with Gasteiger partial charge in [0.05, 0.1) is 31.7 Å². The van der Waals surface area contributed by atoms with Gasteiger partial charge in [-0.25, -0.2) is 5.43 Å². The number of amides is 1. The largest absolute Gasteiger partial charge is 0.493 e. The van der Waals surface area contributed by atoms with Crippen LogP contribution in [0.5, 0.6) is 11.5 Å². The number of nitrogens with zero attached hydrogens (tertiary/aromatic N) is 2. The molecule has 2 N–H and O–H groups in total. The number of carbonyl (C=O) groups is 1. The van der Waals surface area contributed by atoms with Crippen molar-refractivity contribution in [3.63, 3.8) is 0 Å². The van der Waals surface area contributed by atoms with Crippen LogP contribution in [-0.4, -0.2) is 49.3 Å². The van der Waals surface area contributed by atoms with E-state index in [9.17, 15) is 4.79 Å². The first-order valence-corrected chi connectivity index (χ1v) is 11.9. The molecule has 1 aliphatic heterocycles. The van der Waals surface area contributed by atoms with Gasteiger partial charge in [-0.05, 0) is 55.5 Å². The molecule has 4 rings (SSSR count). The molecule has 180 valence electrons. The van der Waals surface area contributed by atoms with E-state index < -0.39 is 0 Å². The van der Waals surface area contributed by atoms with E-state index in [2.05, 4.69) is 28.7 Å². The maximum absolute atomic E-state index is 11.9. The lowest BCUT2D eigenvalue weighted by molar-refractivity contribution is -0.121. The Morgan fingerprint density at radius 2 is 1.91 bits per heavy atom. The number of methoxy groups -OCH3 is 2. The normalized spacial score (nSPS) is 19.5. The van der Waals surface area contributed by atoms with E-state index in [0.717, 1.165) is 41.0 Å². The van der Waals surface area contributed by atoms with Crippen LogP contribution in [0.15, 0.2) is 46.5 Å². The van der Waals surface area contributed by atoms with Crippen LogP contribution in [0.1, 0.15) is 73.6 Å². The molecule has 7 nitrogen and oxygen atoms in total. The minimum absolute atomic E-state index is 0.0136. The van der Waals surface area contributed by atoms with Crippen LogP contribution in [-0.2, 0) is 4.79 Å². The molecule has 0 spiro atoms. The van der Waals surface area contributed by atoms with Gasteiger partial charge < -0.3 is 14.6 Å². The second-order valence-electron chi connectivity index (χ2n) is 8.87. The lowest BCUT2D eigenvalue weighted by atomic mass is 9.75. The maximum Gasteiger partial charge on any atom is 0.240 e. The van der Waals surface area contributed by atoms with Crippen molar-refractivity contribution in [1.29, 1.82) is 0 Å². The average Bonchev–Trinajstić information content (AvgIpc) is 2.89. The lowest BCUT2D eigenvalue weighted by Crippen LogP contribution is -2.29. The average molecular weight is 464 g/mol. The van der Waals surface area contributed by atoms with Crippen LogP contribution < -0.4 is 14.9 Å². The number of aliphatic imine (C=N–C) groups is 1. The minimum Gasteiger partial charge on any atom is -0.493 e. The van der Waals surface area contributed by atoms with E-state index in [-0.39, 0.29) is 25.0 Å². The topological polar surface area (TPSA) is 92.5 Å². The van der Waals surface area contributed by atoms with Crippen LogP contribution in [0.3, 0.4) is 0 Å². The zero-order chi connectivity index (χ0) is 24.1. The summed E-state index contributed by atoms with van der Waals surface area (Å²) in [5.74, 6) is 1.63. The van der Waals surface area contributed by atoms with Crippen molar-refractivity contribution in [2.75, 3.05) is 20.8 Å². The molecule has 2 aromatic carbocycles. The highest BCUT2D eigenvalue weighted by atomic mass is 16.5. The van der Waals surface area contributed by atoms with Crippen LogP contribution in [0.25, 0.3) is 0 Å². The maximum atomic E-state index is 11.9. The molecule has 0 bridgehead atoms. The number of carbonyl (C=O) groups excluding carboxylic acids is 1. The quantitative estimate of drug-likeness (QED) is 0.453. The second-order valence-corrected chi connectivity index (χ2v) is 8.87. The standard InChI is InChI=1S/C27H33N3O4/c1-17(29-30-26(32)12-7-13-31)18-8-6-9-19(14-18)27-22-16-25(34-3)24(33-2)15-21(22)20-10-4-5-11-23(20)28-27/h6,8-9,14-16,20,23,31H,4-5,7,10-13H2,1-3H3,(H,30,32)/t20-,23-/m1/s1. The molecule has 0 aromatic heterocycles. The van der Waals surface area contributed by atoms with E-state index in [0.29, 0.717) is 23.8 Å². The van der Waals surface area contributed by atoms with Gasteiger partial charge in [-0.1, -0.05) is 31.0 Å². The lowest BCUT2D eigenvalue weighted by Gasteiger charge is -2.35. The van der Waals surface area contributed by atoms with Gasteiger partial charge in [-0.3, -0.25) is 9.79 Å². The Morgan fingerprint density at radius 1 is 1.15 bits per heavy atom. The first kappa shape index (κ1) is 24.0. The van der Waals surface area contributed by atoms with E-state index in [1.54, 1.807) is 14.2 Å². The summed E-state index contributed by atoms with van der Waals surface area (Å²) in [6.45, 7) is 1.85. The van der Waals surface area contributed by atoms with Gasteiger partial charge in [0.25, 0.3) is 0 Å². The first-order valence-electron chi connectivity index (χ1n) is 11.9. The van der Waals surface area contributed by atoms with Crippen molar-refractivity contribution < 1.29 is 19.4 Å². The van der Waals surface area contributed by atoms with Crippen LogP contribution in [0, 0.1) is 0 Å². The van der Waals surface area contributed by atoms with E-state index >= 15 is 0 Å². The number of benzene rings is 2. The summed E-state index contributed by atoms with van der Waals surface area (Å²) in [5, 5.41) is 13.1. The molecule has 1 fully saturated rings. The fraction of sp³-hybridized carbons (Fsp3) is 0.444. The summed E-state index contributed by atoms with van der Waals surface area (Å²) in [5.41, 5.74) is 8.53. The number of ether oxygens (including phenoxy) is 2. The fourth-order valence-electron chi connectivity index (χ4n) is 4.90. The Labute approximate surface area is 200 Å². The number of nitrogens with one attached hydrogen (secondary N) is 1. The number of hydrogen-bond donors (Lipinski definition) is 2. The molecule has 1 heterocycles. The highest BCUT2D eigenvalue weighted by Gasteiger charge is 2.34. The smallest absolute Gasteiger partial charge is 0.240 e.